The first kappa shape index (κ1) is 12.4. The standard InChI is InChI=1S/C12H12ClN3O2/c1-17-9-5-8(6-10(7-9)18-2)16-12-11(13)14-3-4-15-12/h3-7H,1-2H3,(H,15,16). The molecule has 1 aromatic carbocycles. The van der Waals surface area contributed by atoms with Gasteiger partial charge in [-0.05, 0) is 0 Å². The molecule has 0 saturated heterocycles. The van der Waals surface area contributed by atoms with Crippen LogP contribution < -0.4 is 14.8 Å². The van der Waals surface area contributed by atoms with E-state index in [9.17, 15) is 0 Å². The van der Waals surface area contributed by atoms with Crippen LogP contribution in [0.2, 0.25) is 5.15 Å². The molecule has 0 aliphatic heterocycles. The van der Waals surface area contributed by atoms with Crippen LogP contribution in [0.3, 0.4) is 0 Å². The van der Waals surface area contributed by atoms with Crippen molar-refractivity contribution >= 4 is 23.1 Å². The van der Waals surface area contributed by atoms with Gasteiger partial charge in [0.25, 0.3) is 0 Å². The topological polar surface area (TPSA) is 56.3 Å². The maximum absolute atomic E-state index is 5.92. The van der Waals surface area contributed by atoms with Gasteiger partial charge in [-0.3, -0.25) is 0 Å². The first-order valence-corrected chi connectivity index (χ1v) is 5.57. The first-order valence-electron chi connectivity index (χ1n) is 5.19. The summed E-state index contributed by atoms with van der Waals surface area (Å²) in [6, 6.07) is 5.41. The number of benzene rings is 1. The van der Waals surface area contributed by atoms with Crippen molar-refractivity contribution in [2.45, 2.75) is 0 Å². The van der Waals surface area contributed by atoms with Gasteiger partial charge in [-0.25, -0.2) is 9.97 Å². The normalized spacial score (nSPS) is 9.94. The second kappa shape index (κ2) is 5.55. The third-order valence-corrected chi connectivity index (χ3v) is 2.54. The van der Waals surface area contributed by atoms with Crippen LogP contribution in [0.4, 0.5) is 11.5 Å². The molecular weight excluding hydrogens is 254 g/mol. The molecule has 0 aliphatic carbocycles. The Morgan fingerprint density at radius 2 is 1.61 bits per heavy atom. The maximum Gasteiger partial charge on any atom is 0.171 e. The molecule has 0 amide bonds. The van der Waals surface area contributed by atoms with Crippen molar-refractivity contribution in [3.8, 4) is 11.5 Å². The second-order valence-electron chi connectivity index (χ2n) is 3.42. The molecule has 0 saturated carbocycles. The van der Waals surface area contributed by atoms with E-state index in [0.717, 1.165) is 5.69 Å². The zero-order valence-electron chi connectivity index (χ0n) is 9.98. The lowest BCUT2D eigenvalue weighted by Gasteiger charge is -2.10. The summed E-state index contributed by atoms with van der Waals surface area (Å²) in [5.74, 6) is 1.84. The summed E-state index contributed by atoms with van der Waals surface area (Å²) >= 11 is 5.92. The summed E-state index contributed by atoms with van der Waals surface area (Å²) in [7, 11) is 3.18. The molecule has 18 heavy (non-hydrogen) atoms. The minimum Gasteiger partial charge on any atom is -0.497 e. The highest BCUT2D eigenvalue weighted by Gasteiger charge is 2.05. The summed E-state index contributed by atoms with van der Waals surface area (Å²) in [5.41, 5.74) is 0.758. The molecule has 0 radical (unpaired) electrons. The number of methoxy groups -OCH3 is 2. The van der Waals surface area contributed by atoms with E-state index in [1.807, 2.05) is 12.1 Å². The van der Waals surface area contributed by atoms with E-state index in [2.05, 4.69) is 15.3 Å². The number of rotatable bonds is 4. The van der Waals surface area contributed by atoms with E-state index in [4.69, 9.17) is 21.1 Å². The first-order chi connectivity index (χ1) is 8.72. The summed E-state index contributed by atoms with van der Waals surface area (Å²) in [5, 5.41) is 3.36. The van der Waals surface area contributed by atoms with E-state index in [1.165, 1.54) is 6.20 Å². The van der Waals surface area contributed by atoms with Crippen molar-refractivity contribution in [2.24, 2.45) is 0 Å². The molecule has 0 unspecified atom stereocenters. The predicted octanol–water partition coefficient (Wildman–Crippen LogP) is 2.89. The number of nitrogens with zero attached hydrogens (tertiary/aromatic N) is 2. The molecule has 1 aromatic heterocycles. The molecule has 2 aromatic rings. The highest BCUT2D eigenvalue weighted by molar-refractivity contribution is 6.31. The maximum atomic E-state index is 5.92. The molecule has 0 atom stereocenters. The van der Waals surface area contributed by atoms with E-state index >= 15 is 0 Å². The Balaban J connectivity index is 2.31. The molecular formula is C12H12ClN3O2. The Hall–Kier alpha value is -2.01. The van der Waals surface area contributed by atoms with Crippen LogP contribution in [0.25, 0.3) is 0 Å². The number of nitrogens with one attached hydrogen (secondary N) is 1. The van der Waals surface area contributed by atoms with Crippen LogP contribution in [-0.2, 0) is 0 Å². The van der Waals surface area contributed by atoms with E-state index in [1.54, 1.807) is 26.5 Å². The summed E-state index contributed by atoms with van der Waals surface area (Å²) < 4.78 is 10.4. The van der Waals surface area contributed by atoms with Crippen LogP contribution in [0.5, 0.6) is 11.5 Å². The smallest absolute Gasteiger partial charge is 0.171 e. The lowest BCUT2D eigenvalue weighted by atomic mass is 10.2. The van der Waals surface area contributed by atoms with Gasteiger partial charge in [0.2, 0.25) is 0 Å². The minimum atomic E-state index is 0.305. The second-order valence-corrected chi connectivity index (χ2v) is 3.78. The Labute approximate surface area is 110 Å². The Morgan fingerprint density at radius 1 is 1.00 bits per heavy atom. The minimum absolute atomic E-state index is 0.305. The van der Waals surface area contributed by atoms with Crippen LogP contribution >= 0.6 is 11.6 Å². The van der Waals surface area contributed by atoms with Crippen molar-refractivity contribution < 1.29 is 9.47 Å². The fourth-order valence-electron chi connectivity index (χ4n) is 1.42. The molecule has 0 aliphatic rings. The number of halogens is 1. The number of hydrogen-bond donors (Lipinski definition) is 1. The SMILES string of the molecule is COc1cc(Nc2nccnc2Cl)cc(OC)c1. The molecule has 0 fully saturated rings. The van der Waals surface area contributed by atoms with Gasteiger partial charge in [0, 0.05) is 36.3 Å². The summed E-state index contributed by atoms with van der Waals surface area (Å²) in [6.45, 7) is 0. The third-order valence-electron chi connectivity index (χ3n) is 2.27. The number of aromatic nitrogens is 2. The van der Waals surface area contributed by atoms with Crippen molar-refractivity contribution in [1.82, 2.24) is 9.97 Å². The number of hydrogen-bond acceptors (Lipinski definition) is 5. The molecule has 5 nitrogen and oxygen atoms in total. The third kappa shape index (κ3) is 2.81. The van der Waals surface area contributed by atoms with Gasteiger partial charge < -0.3 is 14.8 Å². The number of anilines is 2. The highest BCUT2D eigenvalue weighted by atomic mass is 35.5. The van der Waals surface area contributed by atoms with Gasteiger partial charge in [0.15, 0.2) is 11.0 Å². The largest absolute Gasteiger partial charge is 0.497 e. The lowest BCUT2D eigenvalue weighted by molar-refractivity contribution is 0.395. The molecule has 0 spiro atoms. The van der Waals surface area contributed by atoms with Gasteiger partial charge in [0.1, 0.15) is 11.5 Å². The van der Waals surface area contributed by atoms with E-state index in [0.29, 0.717) is 22.5 Å². The average molecular weight is 266 g/mol. The van der Waals surface area contributed by atoms with Gasteiger partial charge in [-0.2, -0.15) is 0 Å². The fraction of sp³-hybridized carbons (Fsp3) is 0.167. The quantitative estimate of drug-likeness (QED) is 0.921. The van der Waals surface area contributed by atoms with E-state index in [-0.39, 0.29) is 0 Å². The van der Waals surface area contributed by atoms with Crippen molar-refractivity contribution in [3.05, 3.63) is 35.7 Å². The summed E-state index contributed by atoms with van der Waals surface area (Å²) in [4.78, 5) is 8.04. The lowest BCUT2D eigenvalue weighted by Crippen LogP contribution is -1.97. The fourth-order valence-corrected chi connectivity index (χ4v) is 1.57. The van der Waals surface area contributed by atoms with Gasteiger partial charge in [-0.15, -0.1) is 0 Å². The molecule has 6 heteroatoms. The Bertz CT molecular complexity index is 526. The van der Waals surface area contributed by atoms with Crippen molar-refractivity contribution in [3.63, 3.8) is 0 Å². The Kier molecular flexibility index (Phi) is 3.84. The van der Waals surface area contributed by atoms with Crippen LogP contribution in [-0.4, -0.2) is 24.2 Å². The van der Waals surface area contributed by atoms with Crippen molar-refractivity contribution in [2.75, 3.05) is 19.5 Å². The Morgan fingerprint density at radius 3 is 2.17 bits per heavy atom. The monoisotopic (exact) mass is 265 g/mol. The van der Waals surface area contributed by atoms with Gasteiger partial charge >= 0.3 is 0 Å². The summed E-state index contributed by atoms with van der Waals surface area (Å²) in [6.07, 6.45) is 3.09. The molecule has 1 N–H and O–H groups in total. The average Bonchev–Trinajstić information content (AvgIpc) is 2.41. The highest BCUT2D eigenvalue weighted by Crippen LogP contribution is 2.28. The molecule has 1 heterocycles. The predicted molar refractivity (Wildman–Crippen MR) is 69.9 cm³/mol. The van der Waals surface area contributed by atoms with Crippen LogP contribution in [0, 0.1) is 0 Å². The molecule has 94 valence electrons. The van der Waals surface area contributed by atoms with Crippen LogP contribution in [0.1, 0.15) is 0 Å². The van der Waals surface area contributed by atoms with Crippen LogP contribution in [0.15, 0.2) is 30.6 Å². The molecule has 2 rings (SSSR count). The van der Waals surface area contributed by atoms with Gasteiger partial charge in [0.05, 0.1) is 14.2 Å². The van der Waals surface area contributed by atoms with E-state index < -0.39 is 0 Å². The van der Waals surface area contributed by atoms with Crippen molar-refractivity contribution in [1.29, 1.82) is 0 Å². The molecule has 0 bridgehead atoms. The zero-order valence-corrected chi connectivity index (χ0v) is 10.7. The van der Waals surface area contributed by atoms with Gasteiger partial charge in [-0.1, -0.05) is 11.6 Å². The number of ether oxygens (including phenoxy) is 2. The zero-order chi connectivity index (χ0) is 13.0.